The van der Waals surface area contributed by atoms with Crippen molar-refractivity contribution in [2.24, 2.45) is 5.92 Å². The predicted octanol–water partition coefficient (Wildman–Crippen LogP) is 2.91. The topological polar surface area (TPSA) is 0 Å². The smallest absolute Gasteiger partial charge is 0.00518 e. The number of thioether (sulfide) groups is 1. The van der Waals surface area contributed by atoms with E-state index in [9.17, 15) is 0 Å². The third-order valence-corrected chi connectivity index (χ3v) is 2.10. The number of hydrogen-bond donors (Lipinski definition) is 0. The van der Waals surface area contributed by atoms with E-state index in [-0.39, 0.29) is 0 Å². The Balaban J connectivity index is 3.33. The molecule has 0 fully saturated rings. The van der Waals surface area contributed by atoms with Gasteiger partial charge in [0.1, 0.15) is 0 Å². The van der Waals surface area contributed by atoms with Gasteiger partial charge in [0.25, 0.3) is 0 Å². The van der Waals surface area contributed by atoms with E-state index in [0.29, 0.717) is 5.92 Å². The summed E-state index contributed by atoms with van der Waals surface area (Å²) in [7, 11) is 0. The average molecular weight is 130 g/mol. The molecule has 0 radical (unpaired) electrons. The molecule has 0 saturated carbocycles. The molecular formula is C7H14S. The molecule has 0 amide bonds. The van der Waals surface area contributed by atoms with E-state index in [1.54, 1.807) is 0 Å². The van der Waals surface area contributed by atoms with Crippen LogP contribution in [0.4, 0.5) is 0 Å². The molecule has 0 aromatic heterocycles. The summed E-state index contributed by atoms with van der Waals surface area (Å²) in [4.78, 5) is 1.30. The molecule has 8 heavy (non-hydrogen) atoms. The Morgan fingerprint density at radius 1 is 1.62 bits per heavy atom. The van der Waals surface area contributed by atoms with Gasteiger partial charge in [-0.15, -0.1) is 11.8 Å². The van der Waals surface area contributed by atoms with Gasteiger partial charge in [0.05, 0.1) is 0 Å². The summed E-state index contributed by atoms with van der Waals surface area (Å²) in [6, 6.07) is 0. The highest BCUT2D eigenvalue weighted by Gasteiger charge is 1.96. The monoisotopic (exact) mass is 130 g/mol. The molecule has 0 saturated heterocycles. The number of hydrogen-bond acceptors (Lipinski definition) is 1. The molecular weight excluding hydrogens is 116 g/mol. The molecule has 0 bridgehead atoms. The maximum absolute atomic E-state index is 3.91. The predicted molar refractivity (Wildman–Crippen MR) is 42.1 cm³/mol. The first kappa shape index (κ1) is 8.09. The fourth-order valence-electron chi connectivity index (χ4n) is 0.352. The number of allylic oxidation sites excluding steroid dienone is 1. The molecule has 1 heteroatoms. The van der Waals surface area contributed by atoms with E-state index in [0.717, 1.165) is 5.75 Å². The summed E-state index contributed by atoms with van der Waals surface area (Å²) >= 11 is 1.84. The van der Waals surface area contributed by atoms with Crippen LogP contribution in [0.15, 0.2) is 11.5 Å². The minimum absolute atomic E-state index is 0.639. The van der Waals surface area contributed by atoms with Gasteiger partial charge in [-0.05, 0) is 16.6 Å². The van der Waals surface area contributed by atoms with Gasteiger partial charge in [0.15, 0.2) is 0 Å². The second-order valence-corrected chi connectivity index (χ2v) is 3.44. The molecule has 0 heterocycles. The molecule has 48 valence electrons. The summed E-state index contributed by atoms with van der Waals surface area (Å²) in [5.74, 6) is 1.79. The van der Waals surface area contributed by atoms with Crippen LogP contribution in [0, 0.1) is 5.92 Å². The molecule has 0 rings (SSSR count). The van der Waals surface area contributed by atoms with Crippen LogP contribution in [0.5, 0.6) is 0 Å². The molecule has 0 nitrogen and oxygen atoms in total. The fraction of sp³-hybridized carbons (Fsp3) is 0.714. The van der Waals surface area contributed by atoms with Gasteiger partial charge in [-0.3, -0.25) is 0 Å². The second-order valence-electron chi connectivity index (χ2n) is 2.05. The molecule has 0 aromatic rings. The van der Waals surface area contributed by atoms with E-state index in [1.165, 1.54) is 4.91 Å². The maximum atomic E-state index is 3.91. The second kappa shape index (κ2) is 4.02. The van der Waals surface area contributed by atoms with Crippen molar-refractivity contribution in [2.75, 3.05) is 5.75 Å². The Bertz CT molecular complexity index is 74.5. The van der Waals surface area contributed by atoms with E-state index < -0.39 is 0 Å². The molecule has 0 spiro atoms. The first-order valence-corrected chi connectivity index (χ1v) is 3.98. The van der Waals surface area contributed by atoms with Crippen molar-refractivity contribution in [2.45, 2.75) is 20.8 Å². The molecule has 0 aromatic carbocycles. The van der Waals surface area contributed by atoms with Gasteiger partial charge in [-0.25, -0.2) is 0 Å². The van der Waals surface area contributed by atoms with Gasteiger partial charge in [-0.2, -0.15) is 0 Å². The normalized spacial score (nSPS) is 10.0. The quantitative estimate of drug-likeness (QED) is 0.566. The van der Waals surface area contributed by atoms with Crippen LogP contribution >= 0.6 is 11.8 Å². The van der Waals surface area contributed by atoms with Gasteiger partial charge in [0, 0.05) is 0 Å². The van der Waals surface area contributed by atoms with Crippen molar-refractivity contribution < 1.29 is 0 Å². The van der Waals surface area contributed by atoms with Gasteiger partial charge < -0.3 is 0 Å². The van der Waals surface area contributed by atoms with Crippen molar-refractivity contribution >= 4 is 11.8 Å². The lowest BCUT2D eigenvalue weighted by atomic mass is 10.2. The summed E-state index contributed by atoms with van der Waals surface area (Å²) in [5, 5.41) is 0. The minimum Gasteiger partial charge on any atom is -0.131 e. The van der Waals surface area contributed by atoms with Gasteiger partial charge in [-0.1, -0.05) is 27.4 Å². The van der Waals surface area contributed by atoms with E-state index in [2.05, 4.69) is 27.4 Å². The Labute approximate surface area is 56.4 Å². The van der Waals surface area contributed by atoms with Crippen molar-refractivity contribution in [3.05, 3.63) is 11.5 Å². The lowest BCUT2D eigenvalue weighted by Gasteiger charge is -2.04. The Hall–Kier alpha value is 0.0900. The lowest BCUT2D eigenvalue weighted by Crippen LogP contribution is -1.86. The first-order chi connectivity index (χ1) is 3.68. The molecule has 0 N–H and O–H groups in total. The van der Waals surface area contributed by atoms with Crippen molar-refractivity contribution in [3.8, 4) is 0 Å². The van der Waals surface area contributed by atoms with Crippen LogP contribution in [-0.2, 0) is 0 Å². The molecule has 0 unspecified atom stereocenters. The Morgan fingerprint density at radius 3 is 2.25 bits per heavy atom. The van der Waals surface area contributed by atoms with E-state index >= 15 is 0 Å². The zero-order valence-corrected chi connectivity index (χ0v) is 6.72. The average Bonchev–Trinajstić information content (AvgIpc) is 1.67. The van der Waals surface area contributed by atoms with Crippen LogP contribution in [0.2, 0.25) is 0 Å². The molecule has 0 aliphatic rings. The minimum atomic E-state index is 0.639. The summed E-state index contributed by atoms with van der Waals surface area (Å²) in [5.41, 5.74) is 0. The first-order valence-electron chi connectivity index (χ1n) is 3.00. The lowest BCUT2D eigenvalue weighted by molar-refractivity contribution is 0.820. The van der Waals surface area contributed by atoms with Crippen molar-refractivity contribution in [1.29, 1.82) is 0 Å². The summed E-state index contributed by atoms with van der Waals surface area (Å²) in [6.45, 7) is 10.4. The third-order valence-electron chi connectivity index (χ3n) is 0.974. The fourth-order valence-corrected chi connectivity index (χ4v) is 1.06. The highest BCUT2D eigenvalue weighted by Crippen LogP contribution is 2.20. The summed E-state index contributed by atoms with van der Waals surface area (Å²) in [6.07, 6.45) is 0. The van der Waals surface area contributed by atoms with Crippen LogP contribution in [0.1, 0.15) is 20.8 Å². The van der Waals surface area contributed by atoms with Crippen LogP contribution in [-0.4, -0.2) is 5.75 Å². The number of rotatable bonds is 3. The van der Waals surface area contributed by atoms with Crippen LogP contribution in [0.3, 0.4) is 0 Å². The summed E-state index contributed by atoms with van der Waals surface area (Å²) < 4.78 is 0. The maximum Gasteiger partial charge on any atom is -0.00518 e. The van der Waals surface area contributed by atoms with Crippen molar-refractivity contribution in [3.63, 3.8) is 0 Å². The van der Waals surface area contributed by atoms with Crippen LogP contribution < -0.4 is 0 Å². The standard InChI is InChI=1S/C7H14S/c1-5-8-7(4)6(2)3/h6H,4-5H2,1-3H3. The van der Waals surface area contributed by atoms with Gasteiger partial charge in [0.2, 0.25) is 0 Å². The zero-order valence-electron chi connectivity index (χ0n) is 5.90. The Morgan fingerprint density at radius 2 is 2.12 bits per heavy atom. The van der Waals surface area contributed by atoms with Crippen molar-refractivity contribution in [1.82, 2.24) is 0 Å². The third kappa shape index (κ3) is 3.14. The largest absolute Gasteiger partial charge is 0.131 e. The molecule has 0 aliphatic heterocycles. The van der Waals surface area contributed by atoms with Gasteiger partial charge >= 0.3 is 0 Å². The highest BCUT2D eigenvalue weighted by molar-refractivity contribution is 8.03. The van der Waals surface area contributed by atoms with Crippen LogP contribution in [0.25, 0.3) is 0 Å². The SMILES string of the molecule is C=C(SCC)C(C)C. The zero-order chi connectivity index (χ0) is 6.57. The Kier molecular flexibility index (Phi) is 4.06. The van der Waals surface area contributed by atoms with E-state index in [4.69, 9.17) is 0 Å². The molecule has 0 atom stereocenters. The van der Waals surface area contributed by atoms with E-state index in [1.807, 2.05) is 11.8 Å². The molecule has 0 aliphatic carbocycles. The highest BCUT2D eigenvalue weighted by atomic mass is 32.2.